The van der Waals surface area contributed by atoms with Crippen molar-refractivity contribution in [1.82, 2.24) is 4.98 Å². The van der Waals surface area contributed by atoms with Gasteiger partial charge in [0.2, 0.25) is 0 Å². The molecule has 0 atom stereocenters. The van der Waals surface area contributed by atoms with Crippen molar-refractivity contribution in [2.75, 3.05) is 18.5 Å². The van der Waals surface area contributed by atoms with E-state index in [1.807, 2.05) is 63.2 Å². The van der Waals surface area contributed by atoms with Gasteiger partial charge >= 0.3 is 0 Å². The van der Waals surface area contributed by atoms with Gasteiger partial charge in [0.15, 0.2) is 6.61 Å². The summed E-state index contributed by atoms with van der Waals surface area (Å²) in [6, 6.07) is 13.3. The van der Waals surface area contributed by atoms with E-state index in [2.05, 4.69) is 10.3 Å². The minimum absolute atomic E-state index is 0.0549. The lowest BCUT2D eigenvalue weighted by Gasteiger charge is -2.14. The molecular formula is C21H22N2O3. The number of hydrogen-bond acceptors (Lipinski definition) is 4. The van der Waals surface area contributed by atoms with Crippen LogP contribution in [0, 0.1) is 13.8 Å². The molecular weight excluding hydrogens is 328 g/mol. The summed E-state index contributed by atoms with van der Waals surface area (Å²) in [5.74, 6) is 1.23. The predicted molar refractivity (Wildman–Crippen MR) is 103 cm³/mol. The molecule has 1 N–H and O–H groups in total. The molecule has 0 spiro atoms. The lowest BCUT2D eigenvalue weighted by molar-refractivity contribution is -0.118. The largest absolute Gasteiger partial charge is 0.492 e. The Hall–Kier alpha value is -3.08. The topological polar surface area (TPSA) is 60.5 Å². The van der Waals surface area contributed by atoms with E-state index in [-0.39, 0.29) is 12.5 Å². The number of carbonyl (C=O) groups is 1. The van der Waals surface area contributed by atoms with Crippen molar-refractivity contribution in [1.29, 1.82) is 0 Å². The van der Waals surface area contributed by atoms with E-state index in [9.17, 15) is 4.79 Å². The van der Waals surface area contributed by atoms with E-state index < -0.39 is 0 Å². The van der Waals surface area contributed by atoms with Gasteiger partial charge in [-0.3, -0.25) is 9.78 Å². The van der Waals surface area contributed by atoms with Crippen molar-refractivity contribution in [2.24, 2.45) is 0 Å². The van der Waals surface area contributed by atoms with E-state index in [0.717, 1.165) is 27.8 Å². The van der Waals surface area contributed by atoms with E-state index >= 15 is 0 Å². The highest BCUT2D eigenvalue weighted by atomic mass is 16.5. The molecule has 0 fully saturated rings. The molecule has 5 heteroatoms. The number of anilines is 1. The monoisotopic (exact) mass is 350 g/mol. The maximum atomic E-state index is 12.4. The van der Waals surface area contributed by atoms with Crippen molar-refractivity contribution in [3.8, 4) is 11.5 Å². The molecule has 0 aliphatic rings. The Labute approximate surface area is 153 Å². The van der Waals surface area contributed by atoms with Gasteiger partial charge in [0.25, 0.3) is 5.91 Å². The number of pyridine rings is 1. The first-order chi connectivity index (χ1) is 12.6. The van der Waals surface area contributed by atoms with Crippen LogP contribution in [-0.4, -0.2) is 24.1 Å². The molecule has 1 heterocycles. The highest BCUT2D eigenvalue weighted by Gasteiger charge is 2.12. The van der Waals surface area contributed by atoms with Crippen molar-refractivity contribution in [3.63, 3.8) is 0 Å². The summed E-state index contributed by atoms with van der Waals surface area (Å²) in [4.78, 5) is 16.8. The number of benzene rings is 2. The molecule has 26 heavy (non-hydrogen) atoms. The normalized spacial score (nSPS) is 10.6. The number of aromatic nitrogens is 1. The van der Waals surface area contributed by atoms with Crippen LogP contribution in [0.5, 0.6) is 11.5 Å². The van der Waals surface area contributed by atoms with Crippen molar-refractivity contribution in [3.05, 3.63) is 59.8 Å². The number of carbonyl (C=O) groups excluding carboxylic acids is 1. The fraction of sp³-hybridized carbons (Fsp3) is 0.238. The van der Waals surface area contributed by atoms with Gasteiger partial charge in [-0.2, -0.15) is 0 Å². The minimum atomic E-state index is -0.220. The van der Waals surface area contributed by atoms with Crippen LogP contribution in [0.3, 0.4) is 0 Å². The predicted octanol–water partition coefficient (Wildman–Crippen LogP) is 4.27. The lowest BCUT2D eigenvalue weighted by Crippen LogP contribution is -2.21. The molecule has 5 nitrogen and oxygen atoms in total. The smallest absolute Gasteiger partial charge is 0.262 e. The van der Waals surface area contributed by atoms with Crippen LogP contribution in [0.1, 0.15) is 18.1 Å². The van der Waals surface area contributed by atoms with Gasteiger partial charge in [0.05, 0.1) is 12.3 Å². The minimum Gasteiger partial charge on any atom is -0.492 e. The molecule has 1 amide bonds. The molecule has 2 aromatic carbocycles. The third-order valence-corrected chi connectivity index (χ3v) is 4.06. The number of amides is 1. The first-order valence-electron chi connectivity index (χ1n) is 8.59. The molecule has 3 rings (SSSR count). The number of hydrogen-bond donors (Lipinski definition) is 1. The Morgan fingerprint density at radius 3 is 2.54 bits per heavy atom. The Kier molecular flexibility index (Phi) is 5.37. The number of rotatable bonds is 6. The SMILES string of the molecule is CCOc1ccc(NC(=O)COc2c(C)cccc2C)c2cccnc12. The molecule has 134 valence electrons. The van der Waals surface area contributed by atoms with Crippen LogP contribution < -0.4 is 14.8 Å². The summed E-state index contributed by atoms with van der Waals surface area (Å²) in [7, 11) is 0. The zero-order valence-electron chi connectivity index (χ0n) is 15.2. The highest BCUT2D eigenvalue weighted by molar-refractivity contribution is 6.03. The zero-order valence-corrected chi connectivity index (χ0v) is 15.2. The number of nitrogens with zero attached hydrogens (tertiary/aromatic N) is 1. The molecule has 0 unspecified atom stereocenters. The number of ether oxygens (including phenoxy) is 2. The quantitative estimate of drug-likeness (QED) is 0.721. The van der Waals surface area contributed by atoms with Gasteiger partial charge in [0.1, 0.15) is 17.0 Å². The van der Waals surface area contributed by atoms with Crippen LogP contribution in [0.4, 0.5) is 5.69 Å². The average Bonchev–Trinajstić information content (AvgIpc) is 2.63. The summed E-state index contributed by atoms with van der Waals surface area (Å²) in [6.45, 7) is 6.36. The molecule has 0 saturated heterocycles. The van der Waals surface area contributed by atoms with Gasteiger partial charge in [-0.05, 0) is 56.2 Å². The fourth-order valence-corrected chi connectivity index (χ4v) is 2.88. The van der Waals surface area contributed by atoms with Gasteiger partial charge in [-0.15, -0.1) is 0 Å². The Bertz CT molecular complexity index is 917. The summed E-state index contributed by atoms with van der Waals surface area (Å²) in [5, 5.41) is 3.74. The maximum absolute atomic E-state index is 12.4. The van der Waals surface area contributed by atoms with Crippen LogP contribution in [0.25, 0.3) is 10.9 Å². The van der Waals surface area contributed by atoms with Crippen LogP contribution >= 0.6 is 0 Å². The van der Waals surface area contributed by atoms with Crippen LogP contribution in [-0.2, 0) is 4.79 Å². The third-order valence-electron chi connectivity index (χ3n) is 4.06. The number of para-hydroxylation sites is 1. The van der Waals surface area contributed by atoms with Crippen molar-refractivity contribution < 1.29 is 14.3 Å². The molecule has 3 aromatic rings. The molecule has 0 radical (unpaired) electrons. The first-order valence-corrected chi connectivity index (χ1v) is 8.59. The first kappa shape index (κ1) is 17.7. The van der Waals surface area contributed by atoms with Gasteiger partial charge in [-0.1, -0.05) is 18.2 Å². The highest BCUT2D eigenvalue weighted by Crippen LogP contribution is 2.30. The number of nitrogens with one attached hydrogen (secondary N) is 1. The zero-order chi connectivity index (χ0) is 18.5. The summed E-state index contributed by atoms with van der Waals surface area (Å²) >= 11 is 0. The summed E-state index contributed by atoms with van der Waals surface area (Å²) < 4.78 is 11.3. The van der Waals surface area contributed by atoms with E-state index in [0.29, 0.717) is 18.0 Å². The van der Waals surface area contributed by atoms with E-state index in [1.165, 1.54) is 0 Å². The van der Waals surface area contributed by atoms with Crippen molar-refractivity contribution >= 4 is 22.5 Å². The van der Waals surface area contributed by atoms with Gasteiger partial charge in [0, 0.05) is 11.6 Å². The van der Waals surface area contributed by atoms with Gasteiger partial charge in [-0.25, -0.2) is 0 Å². The number of aryl methyl sites for hydroxylation is 2. The van der Waals surface area contributed by atoms with E-state index in [1.54, 1.807) is 6.20 Å². The van der Waals surface area contributed by atoms with Crippen molar-refractivity contribution in [2.45, 2.75) is 20.8 Å². The average molecular weight is 350 g/mol. The summed E-state index contributed by atoms with van der Waals surface area (Å²) in [6.07, 6.45) is 1.71. The number of fused-ring (bicyclic) bond motifs is 1. The Morgan fingerprint density at radius 2 is 1.81 bits per heavy atom. The second-order valence-corrected chi connectivity index (χ2v) is 6.00. The molecule has 0 aliphatic heterocycles. The van der Waals surface area contributed by atoms with Crippen LogP contribution in [0.15, 0.2) is 48.7 Å². The molecule has 0 saturated carbocycles. The molecule has 0 aliphatic carbocycles. The maximum Gasteiger partial charge on any atom is 0.262 e. The molecule has 0 bridgehead atoms. The lowest BCUT2D eigenvalue weighted by atomic mass is 10.1. The fourth-order valence-electron chi connectivity index (χ4n) is 2.88. The Balaban J connectivity index is 1.76. The standard InChI is InChI=1S/C21H22N2O3/c1-4-25-18-11-10-17(16-9-6-12-22-20(16)18)23-19(24)13-26-21-14(2)7-5-8-15(21)3/h5-12H,4,13H2,1-3H3,(H,23,24). The van der Waals surface area contributed by atoms with E-state index in [4.69, 9.17) is 9.47 Å². The second-order valence-electron chi connectivity index (χ2n) is 6.00. The second kappa shape index (κ2) is 7.87. The summed E-state index contributed by atoms with van der Waals surface area (Å²) in [5.41, 5.74) is 3.43. The van der Waals surface area contributed by atoms with Gasteiger partial charge < -0.3 is 14.8 Å². The molecule has 1 aromatic heterocycles. The third kappa shape index (κ3) is 3.77. The Morgan fingerprint density at radius 1 is 1.04 bits per heavy atom. The van der Waals surface area contributed by atoms with Crippen LogP contribution in [0.2, 0.25) is 0 Å².